The Morgan fingerprint density at radius 3 is 2.61 bits per heavy atom. The molecule has 3 heterocycles. The molecule has 1 aromatic heterocycles. The minimum absolute atomic E-state index is 0. The van der Waals surface area contributed by atoms with Crippen molar-refractivity contribution in [1.82, 2.24) is 20.0 Å². The monoisotopic (exact) mass is 448 g/mol. The number of anilines is 2. The van der Waals surface area contributed by atoms with Crippen molar-refractivity contribution < 1.29 is 14.4 Å². The van der Waals surface area contributed by atoms with Crippen LogP contribution in [0.5, 0.6) is 0 Å². The molecule has 10 heteroatoms. The molecule has 2 atom stereocenters. The SMILES string of the molecule is CC1CCCC(C)N1CC(=O)Nc1cccc2c(N3CCC(=O)NC3=O)nn(C)c12.Cl. The van der Waals surface area contributed by atoms with E-state index in [9.17, 15) is 14.4 Å². The number of nitrogens with zero attached hydrogens (tertiary/aromatic N) is 4. The molecule has 2 saturated heterocycles. The number of amides is 4. The number of carbonyl (C=O) groups is 3. The standard InChI is InChI=1S/C21H28N6O3.ClH/c1-13-6-4-7-14(2)27(13)12-18(29)22-16-9-5-8-15-19(16)25(3)24-20(15)26-11-10-17(28)23-21(26)30;/h5,8-9,13-14H,4,6-7,10-12H2,1-3H3,(H,22,29)(H,23,28,30);1H. The van der Waals surface area contributed by atoms with Crippen LogP contribution in [0.2, 0.25) is 0 Å². The van der Waals surface area contributed by atoms with E-state index in [1.54, 1.807) is 11.7 Å². The Morgan fingerprint density at radius 1 is 1.23 bits per heavy atom. The van der Waals surface area contributed by atoms with Crippen LogP contribution < -0.4 is 15.5 Å². The van der Waals surface area contributed by atoms with Gasteiger partial charge in [0.1, 0.15) is 0 Å². The van der Waals surface area contributed by atoms with Crippen LogP contribution >= 0.6 is 12.4 Å². The number of likely N-dealkylation sites (tertiary alicyclic amines) is 1. The maximum absolute atomic E-state index is 12.8. The third kappa shape index (κ3) is 4.52. The molecule has 0 saturated carbocycles. The van der Waals surface area contributed by atoms with Crippen molar-refractivity contribution in [3.05, 3.63) is 18.2 Å². The summed E-state index contributed by atoms with van der Waals surface area (Å²) in [5.41, 5.74) is 1.40. The molecule has 0 radical (unpaired) electrons. The highest BCUT2D eigenvalue weighted by Gasteiger charge is 2.29. The fourth-order valence-electron chi connectivity index (χ4n) is 4.53. The topological polar surface area (TPSA) is 99.6 Å². The maximum Gasteiger partial charge on any atom is 0.329 e. The largest absolute Gasteiger partial charge is 0.329 e. The number of halogens is 1. The normalized spacial score (nSPS) is 22.2. The summed E-state index contributed by atoms with van der Waals surface area (Å²) in [6.07, 6.45) is 3.65. The predicted octanol–water partition coefficient (Wildman–Crippen LogP) is 2.64. The first-order valence-electron chi connectivity index (χ1n) is 10.5. The highest BCUT2D eigenvalue weighted by molar-refractivity contribution is 6.11. The lowest BCUT2D eigenvalue weighted by Crippen LogP contribution is -2.49. The molecule has 2 N–H and O–H groups in total. The lowest BCUT2D eigenvalue weighted by atomic mass is 9.97. The van der Waals surface area contributed by atoms with Gasteiger partial charge in [0.25, 0.3) is 0 Å². The first kappa shape index (κ1) is 23.0. The van der Waals surface area contributed by atoms with Crippen molar-refractivity contribution in [3.8, 4) is 0 Å². The summed E-state index contributed by atoms with van der Waals surface area (Å²) >= 11 is 0. The van der Waals surface area contributed by atoms with Crippen LogP contribution in [-0.4, -0.2) is 57.7 Å². The van der Waals surface area contributed by atoms with Gasteiger partial charge >= 0.3 is 6.03 Å². The molecule has 4 rings (SSSR count). The quantitative estimate of drug-likeness (QED) is 0.749. The number of aryl methyl sites for hydroxylation is 1. The van der Waals surface area contributed by atoms with E-state index in [0.29, 0.717) is 30.1 Å². The van der Waals surface area contributed by atoms with Crippen LogP contribution in [-0.2, 0) is 16.6 Å². The minimum atomic E-state index is -0.478. The lowest BCUT2D eigenvalue weighted by molar-refractivity contribution is -0.120. The van der Waals surface area contributed by atoms with Gasteiger partial charge in [-0.05, 0) is 38.8 Å². The second-order valence-electron chi connectivity index (χ2n) is 8.25. The molecule has 0 aliphatic carbocycles. The third-order valence-electron chi connectivity index (χ3n) is 6.13. The molecule has 168 valence electrons. The Hall–Kier alpha value is -2.65. The first-order chi connectivity index (χ1) is 14.3. The Kier molecular flexibility index (Phi) is 6.86. The summed E-state index contributed by atoms with van der Waals surface area (Å²) in [5, 5.41) is 10.6. The Labute approximate surface area is 187 Å². The molecule has 0 spiro atoms. The van der Waals surface area contributed by atoms with Crippen LogP contribution in [0.15, 0.2) is 18.2 Å². The number of benzene rings is 1. The zero-order chi connectivity index (χ0) is 21.4. The molecule has 31 heavy (non-hydrogen) atoms. The second kappa shape index (κ2) is 9.23. The number of piperidine rings is 1. The molecule has 2 aliphatic heterocycles. The molecule has 2 aromatic rings. The number of rotatable bonds is 4. The Morgan fingerprint density at radius 2 is 1.94 bits per heavy atom. The van der Waals surface area contributed by atoms with E-state index in [2.05, 4.69) is 34.5 Å². The number of hydrogen-bond acceptors (Lipinski definition) is 5. The van der Waals surface area contributed by atoms with Crippen molar-refractivity contribution in [2.45, 2.75) is 51.6 Å². The smallest absolute Gasteiger partial charge is 0.323 e. The number of hydrogen-bond donors (Lipinski definition) is 2. The van der Waals surface area contributed by atoms with Crippen LogP contribution in [0.25, 0.3) is 10.9 Å². The maximum atomic E-state index is 12.8. The van der Waals surface area contributed by atoms with E-state index in [4.69, 9.17) is 0 Å². The van der Waals surface area contributed by atoms with Gasteiger partial charge in [-0.25, -0.2) is 4.79 Å². The summed E-state index contributed by atoms with van der Waals surface area (Å²) in [6.45, 7) is 4.97. The average molecular weight is 449 g/mol. The van der Waals surface area contributed by atoms with Crippen LogP contribution in [0, 0.1) is 0 Å². The molecule has 2 fully saturated rings. The van der Waals surface area contributed by atoms with Gasteiger partial charge in [-0.3, -0.25) is 29.4 Å². The molecule has 2 aliphatic rings. The zero-order valence-corrected chi connectivity index (χ0v) is 18.9. The molecular weight excluding hydrogens is 420 g/mol. The summed E-state index contributed by atoms with van der Waals surface area (Å²) < 4.78 is 1.66. The van der Waals surface area contributed by atoms with Gasteiger partial charge in [-0.2, -0.15) is 5.10 Å². The van der Waals surface area contributed by atoms with Gasteiger partial charge in [-0.1, -0.05) is 12.5 Å². The summed E-state index contributed by atoms with van der Waals surface area (Å²) in [4.78, 5) is 40.3. The molecule has 1 aromatic carbocycles. The van der Waals surface area contributed by atoms with Crippen molar-refractivity contribution >= 4 is 52.7 Å². The van der Waals surface area contributed by atoms with Gasteiger partial charge in [0, 0.05) is 37.5 Å². The fraction of sp³-hybridized carbons (Fsp3) is 0.524. The van der Waals surface area contributed by atoms with Crippen LogP contribution in [0.1, 0.15) is 39.5 Å². The van der Waals surface area contributed by atoms with E-state index < -0.39 is 6.03 Å². The van der Waals surface area contributed by atoms with Gasteiger partial charge in [0.15, 0.2) is 5.82 Å². The zero-order valence-electron chi connectivity index (χ0n) is 18.1. The number of carbonyl (C=O) groups excluding carboxylic acids is 3. The van der Waals surface area contributed by atoms with E-state index in [-0.39, 0.29) is 37.2 Å². The average Bonchev–Trinajstić information content (AvgIpc) is 3.02. The number of aromatic nitrogens is 2. The van der Waals surface area contributed by atoms with Gasteiger partial charge in [0.05, 0.1) is 17.7 Å². The van der Waals surface area contributed by atoms with Gasteiger partial charge in [-0.15, -0.1) is 12.4 Å². The summed E-state index contributed by atoms with van der Waals surface area (Å²) in [5.74, 6) is 0.129. The molecule has 2 unspecified atom stereocenters. The van der Waals surface area contributed by atoms with Gasteiger partial charge in [0.2, 0.25) is 11.8 Å². The minimum Gasteiger partial charge on any atom is -0.323 e. The number of para-hydroxylation sites is 1. The van der Waals surface area contributed by atoms with E-state index >= 15 is 0 Å². The van der Waals surface area contributed by atoms with E-state index in [1.807, 2.05) is 18.2 Å². The number of nitrogens with one attached hydrogen (secondary N) is 2. The third-order valence-corrected chi connectivity index (χ3v) is 6.13. The molecular formula is C21H29ClN6O3. The molecule has 4 amide bonds. The number of fused-ring (bicyclic) bond motifs is 1. The van der Waals surface area contributed by atoms with Crippen molar-refractivity contribution in [3.63, 3.8) is 0 Å². The number of imide groups is 1. The molecule has 9 nitrogen and oxygen atoms in total. The highest BCUT2D eigenvalue weighted by Crippen LogP contribution is 2.32. The fourth-order valence-corrected chi connectivity index (χ4v) is 4.53. The molecule has 0 bridgehead atoms. The highest BCUT2D eigenvalue weighted by atomic mass is 35.5. The van der Waals surface area contributed by atoms with Crippen LogP contribution in [0.4, 0.5) is 16.3 Å². The first-order valence-corrected chi connectivity index (χ1v) is 10.5. The summed E-state index contributed by atoms with van der Waals surface area (Å²) in [6, 6.07) is 5.84. The Bertz CT molecular complexity index is 996. The predicted molar refractivity (Wildman–Crippen MR) is 122 cm³/mol. The van der Waals surface area contributed by atoms with E-state index in [1.165, 1.54) is 11.3 Å². The Balaban J connectivity index is 0.00000272. The van der Waals surface area contributed by atoms with Crippen molar-refractivity contribution in [1.29, 1.82) is 0 Å². The second-order valence-corrected chi connectivity index (χ2v) is 8.25. The lowest BCUT2D eigenvalue weighted by Gasteiger charge is -2.38. The van der Waals surface area contributed by atoms with E-state index in [0.717, 1.165) is 23.7 Å². The van der Waals surface area contributed by atoms with Crippen LogP contribution in [0.3, 0.4) is 0 Å². The van der Waals surface area contributed by atoms with Gasteiger partial charge < -0.3 is 5.32 Å². The number of urea groups is 1. The van der Waals surface area contributed by atoms with Crippen molar-refractivity contribution in [2.75, 3.05) is 23.3 Å². The summed E-state index contributed by atoms with van der Waals surface area (Å²) in [7, 11) is 1.78. The van der Waals surface area contributed by atoms with Crippen molar-refractivity contribution in [2.24, 2.45) is 7.05 Å².